The molecule has 1 aromatic heterocycles. The van der Waals surface area contributed by atoms with Crippen LogP contribution in [0.15, 0.2) is 60.9 Å². The summed E-state index contributed by atoms with van der Waals surface area (Å²) in [4.78, 5) is 0. The number of hydrogen-bond acceptors (Lipinski definition) is 2. The maximum Gasteiger partial charge on any atom is 0.175 e. The molecule has 0 bridgehead atoms. The van der Waals surface area contributed by atoms with E-state index in [1.54, 1.807) is 6.20 Å². The molecule has 0 aliphatic heterocycles. The third-order valence-electron chi connectivity index (χ3n) is 3.56. The van der Waals surface area contributed by atoms with Gasteiger partial charge < -0.3 is 10.6 Å². The number of rotatable bonds is 4. The lowest BCUT2D eigenvalue weighted by Crippen LogP contribution is -2.18. The van der Waals surface area contributed by atoms with E-state index < -0.39 is 0 Å². The number of hydrogen-bond donors (Lipinski definition) is 2. The van der Waals surface area contributed by atoms with Crippen LogP contribution in [0.25, 0.3) is 0 Å². The Hall–Kier alpha value is -2.66. The highest BCUT2D eigenvalue weighted by Gasteiger charge is 2.03. The lowest BCUT2D eigenvalue weighted by molar-refractivity contribution is 0.687. The van der Waals surface area contributed by atoms with E-state index in [1.165, 1.54) is 16.7 Å². The van der Waals surface area contributed by atoms with Crippen molar-refractivity contribution in [2.45, 2.75) is 20.4 Å². The molecular formula is C19H20N4S. The first-order valence-corrected chi connectivity index (χ1v) is 8.22. The molecule has 5 heteroatoms. The van der Waals surface area contributed by atoms with Crippen molar-refractivity contribution < 1.29 is 0 Å². The van der Waals surface area contributed by atoms with Crippen LogP contribution in [0.2, 0.25) is 0 Å². The van der Waals surface area contributed by atoms with Gasteiger partial charge in [0.15, 0.2) is 5.11 Å². The predicted molar refractivity (Wildman–Crippen MR) is 104 cm³/mol. The Bertz CT molecular complexity index is 819. The van der Waals surface area contributed by atoms with Gasteiger partial charge in [0.1, 0.15) is 0 Å². The Balaban J connectivity index is 1.61. The monoisotopic (exact) mass is 336 g/mol. The quantitative estimate of drug-likeness (QED) is 0.695. The minimum atomic E-state index is 0.555. The Labute approximate surface area is 147 Å². The number of aromatic nitrogens is 2. The van der Waals surface area contributed by atoms with Crippen molar-refractivity contribution in [3.05, 3.63) is 77.6 Å². The summed E-state index contributed by atoms with van der Waals surface area (Å²) in [7, 11) is 0. The van der Waals surface area contributed by atoms with Gasteiger partial charge in [-0.2, -0.15) is 5.10 Å². The van der Waals surface area contributed by atoms with E-state index in [-0.39, 0.29) is 0 Å². The fourth-order valence-electron chi connectivity index (χ4n) is 2.63. The molecule has 0 aliphatic carbocycles. The number of thiocarbonyl (C=S) groups is 1. The first-order valence-electron chi connectivity index (χ1n) is 7.81. The number of nitrogens with zero attached hydrogens (tertiary/aromatic N) is 2. The first-order chi connectivity index (χ1) is 11.6. The van der Waals surface area contributed by atoms with E-state index in [9.17, 15) is 0 Å². The molecular weight excluding hydrogens is 316 g/mol. The van der Waals surface area contributed by atoms with E-state index in [0.717, 1.165) is 17.9 Å². The zero-order chi connectivity index (χ0) is 16.9. The van der Waals surface area contributed by atoms with E-state index in [2.05, 4.69) is 59.9 Å². The molecule has 0 aliphatic rings. The van der Waals surface area contributed by atoms with Crippen LogP contribution >= 0.6 is 12.2 Å². The molecule has 122 valence electrons. The SMILES string of the molecule is Cc1cc(C)cc(NC(=S)Nc2cnn(Cc3ccccc3)c2)c1. The summed E-state index contributed by atoms with van der Waals surface area (Å²) >= 11 is 5.38. The van der Waals surface area contributed by atoms with Crippen LogP contribution in [0, 0.1) is 13.8 Å². The number of benzene rings is 2. The van der Waals surface area contributed by atoms with Crippen molar-refractivity contribution >= 4 is 28.7 Å². The summed E-state index contributed by atoms with van der Waals surface area (Å²) in [5.74, 6) is 0. The fraction of sp³-hybridized carbons (Fsp3) is 0.158. The molecule has 1 heterocycles. The van der Waals surface area contributed by atoms with E-state index in [0.29, 0.717) is 5.11 Å². The normalized spacial score (nSPS) is 10.4. The Morgan fingerprint density at radius 1 is 1.00 bits per heavy atom. The summed E-state index contributed by atoms with van der Waals surface area (Å²) in [6, 6.07) is 16.5. The molecule has 2 aromatic carbocycles. The highest BCUT2D eigenvalue weighted by Crippen LogP contribution is 2.15. The van der Waals surface area contributed by atoms with Gasteiger partial charge in [-0.25, -0.2) is 0 Å². The second-order valence-electron chi connectivity index (χ2n) is 5.87. The summed E-state index contributed by atoms with van der Waals surface area (Å²) in [6.45, 7) is 4.88. The Morgan fingerprint density at radius 3 is 2.38 bits per heavy atom. The maximum absolute atomic E-state index is 5.38. The summed E-state index contributed by atoms with van der Waals surface area (Å²) in [5.41, 5.74) is 5.48. The second kappa shape index (κ2) is 7.27. The van der Waals surface area contributed by atoms with E-state index in [1.807, 2.05) is 29.1 Å². The van der Waals surface area contributed by atoms with Gasteiger partial charge in [0.05, 0.1) is 18.4 Å². The smallest absolute Gasteiger partial charge is 0.175 e. The lowest BCUT2D eigenvalue weighted by Gasteiger charge is -2.10. The third-order valence-corrected chi connectivity index (χ3v) is 3.76. The topological polar surface area (TPSA) is 41.9 Å². The zero-order valence-corrected chi connectivity index (χ0v) is 14.6. The molecule has 3 rings (SSSR count). The largest absolute Gasteiger partial charge is 0.332 e. The lowest BCUT2D eigenvalue weighted by atomic mass is 10.1. The van der Waals surface area contributed by atoms with Gasteiger partial charge in [-0.15, -0.1) is 0 Å². The second-order valence-corrected chi connectivity index (χ2v) is 6.28. The zero-order valence-electron chi connectivity index (χ0n) is 13.8. The van der Waals surface area contributed by atoms with Crippen molar-refractivity contribution in [3.8, 4) is 0 Å². The van der Waals surface area contributed by atoms with Crippen LogP contribution in [0.4, 0.5) is 11.4 Å². The van der Waals surface area contributed by atoms with Gasteiger partial charge in [0.25, 0.3) is 0 Å². The molecule has 0 spiro atoms. The molecule has 0 radical (unpaired) electrons. The van der Waals surface area contributed by atoms with Gasteiger partial charge >= 0.3 is 0 Å². The molecule has 24 heavy (non-hydrogen) atoms. The van der Waals surface area contributed by atoms with E-state index >= 15 is 0 Å². The van der Waals surface area contributed by atoms with Crippen LogP contribution in [-0.4, -0.2) is 14.9 Å². The summed E-state index contributed by atoms with van der Waals surface area (Å²) in [5, 5.41) is 11.3. The molecule has 2 N–H and O–H groups in total. The van der Waals surface area contributed by atoms with Gasteiger partial charge in [0.2, 0.25) is 0 Å². The molecule has 0 fully saturated rings. The molecule has 3 aromatic rings. The van der Waals surface area contributed by atoms with Crippen LogP contribution in [-0.2, 0) is 6.54 Å². The number of aryl methyl sites for hydroxylation is 2. The highest BCUT2D eigenvalue weighted by atomic mass is 32.1. The number of nitrogens with one attached hydrogen (secondary N) is 2. The van der Waals surface area contributed by atoms with Crippen molar-refractivity contribution in [3.63, 3.8) is 0 Å². The number of anilines is 2. The molecule has 0 unspecified atom stereocenters. The van der Waals surface area contributed by atoms with Gasteiger partial charge in [-0.3, -0.25) is 4.68 Å². The van der Waals surface area contributed by atoms with E-state index in [4.69, 9.17) is 12.2 Å². The Morgan fingerprint density at radius 2 is 1.67 bits per heavy atom. The maximum atomic E-state index is 5.38. The summed E-state index contributed by atoms with van der Waals surface area (Å²) in [6.07, 6.45) is 3.72. The van der Waals surface area contributed by atoms with Crippen LogP contribution < -0.4 is 10.6 Å². The van der Waals surface area contributed by atoms with Crippen LogP contribution in [0.3, 0.4) is 0 Å². The summed E-state index contributed by atoms with van der Waals surface area (Å²) < 4.78 is 1.89. The van der Waals surface area contributed by atoms with Crippen molar-refractivity contribution in [2.24, 2.45) is 0 Å². The molecule has 0 amide bonds. The average molecular weight is 336 g/mol. The van der Waals surface area contributed by atoms with Gasteiger partial charge in [-0.05, 0) is 54.9 Å². The van der Waals surface area contributed by atoms with Gasteiger partial charge in [-0.1, -0.05) is 36.4 Å². The minimum Gasteiger partial charge on any atom is -0.332 e. The standard InChI is InChI=1S/C19H20N4S/c1-14-8-15(2)10-17(9-14)21-19(24)22-18-11-20-23(13-18)12-16-6-4-3-5-7-16/h3-11,13H,12H2,1-2H3,(H2,21,22,24). The van der Waals surface area contributed by atoms with Crippen molar-refractivity contribution in [1.29, 1.82) is 0 Å². The van der Waals surface area contributed by atoms with Gasteiger partial charge in [0, 0.05) is 11.9 Å². The average Bonchev–Trinajstić information content (AvgIpc) is 2.94. The molecule has 4 nitrogen and oxygen atoms in total. The first kappa shape index (κ1) is 16.2. The van der Waals surface area contributed by atoms with Crippen molar-refractivity contribution in [2.75, 3.05) is 10.6 Å². The van der Waals surface area contributed by atoms with Crippen LogP contribution in [0.1, 0.15) is 16.7 Å². The predicted octanol–water partition coefficient (Wildman–Crippen LogP) is 4.36. The molecule has 0 atom stereocenters. The Kier molecular flexibility index (Phi) is 4.91. The third kappa shape index (κ3) is 4.43. The highest BCUT2D eigenvalue weighted by molar-refractivity contribution is 7.80. The van der Waals surface area contributed by atoms with Crippen molar-refractivity contribution in [1.82, 2.24) is 9.78 Å². The van der Waals surface area contributed by atoms with Crippen LogP contribution in [0.5, 0.6) is 0 Å². The molecule has 0 saturated heterocycles. The molecule has 0 saturated carbocycles. The fourth-order valence-corrected chi connectivity index (χ4v) is 2.86. The minimum absolute atomic E-state index is 0.555.